The van der Waals surface area contributed by atoms with Crippen molar-refractivity contribution in [1.29, 1.82) is 0 Å². The van der Waals surface area contributed by atoms with Gasteiger partial charge in [-0.2, -0.15) is 0 Å². The minimum Gasteiger partial charge on any atom is -0.331 e. The van der Waals surface area contributed by atoms with Crippen molar-refractivity contribution in [2.24, 2.45) is 5.73 Å². The lowest BCUT2D eigenvalue weighted by Gasteiger charge is -2.13. The van der Waals surface area contributed by atoms with Crippen molar-refractivity contribution < 1.29 is 4.79 Å². The summed E-state index contributed by atoms with van der Waals surface area (Å²) in [5.41, 5.74) is 6.58. The average molecular weight is 252 g/mol. The van der Waals surface area contributed by atoms with E-state index < -0.39 is 0 Å². The summed E-state index contributed by atoms with van der Waals surface area (Å²) in [5.74, 6) is 5.61. The zero-order valence-corrected chi connectivity index (χ0v) is 10.5. The smallest absolute Gasteiger partial charge is 0.321 e. The number of nitrogens with zero attached hydrogens (tertiary/aromatic N) is 1. The molecule has 0 saturated carbocycles. The van der Waals surface area contributed by atoms with Gasteiger partial charge in [0.25, 0.3) is 0 Å². The van der Waals surface area contributed by atoms with Gasteiger partial charge >= 0.3 is 6.03 Å². The summed E-state index contributed by atoms with van der Waals surface area (Å²) < 4.78 is 0. The van der Waals surface area contributed by atoms with Gasteiger partial charge in [0.15, 0.2) is 0 Å². The van der Waals surface area contributed by atoms with E-state index >= 15 is 0 Å². The molecule has 2 amide bonds. The summed E-state index contributed by atoms with van der Waals surface area (Å²) in [4.78, 5) is 13.0. The molecule has 1 aromatic rings. The third-order valence-electron chi connectivity index (χ3n) is 1.95. The van der Waals surface area contributed by atoms with Gasteiger partial charge in [-0.05, 0) is 18.2 Å². The van der Waals surface area contributed by atoms with Crippen LogP contribution in [0.2, 0.25) is 5.02 Å². The summed E-state index contributed by atoms with van der Waals surface area (Å²) in [6.45, 7) is 0.268. The molecule has 5 heteroatoms. The van der Waals surface area contributed by atoms with E-state index in [4.69, 9.17) is 17.3 Å². The predicted octanol–water partition coefficient (Wildman–Crippen LogP) is 1.74. The number of benzene rings is 1. The molecule has 1 aromatic carbocycles. The fraction of sp³-hybridized carbons (Fsp3) is 0.250. The predicted molar refractivity (Wildman–Crippen MR) is 70.1 cm³/mol. The van der Waals surface area contributed by atoms with E-state index in [0.29, 0.717) is 16.3 Å². The van der Waals surface area contributed by atoms with E-state index in [1.54, 1.807) is 32.3 Å². The maximum atomic E-state index is 11.5. The first-order chi connectivity index (χ1) is 8.04. The molecule has 0 atom stereocenters. The molecular formula is C12H14ClN3O. The number of carbonyl (C=O) groups excluding carboxylic acids is 1. The van der Waals surface area contributed by atoms with Crippen LogP contribution < -0.4 is 11.1 Å². The van der Waals surface area contributed by atoms with Gasteiger partial charge in [0, 0.05) is 24.7 Å². The Morgan fingerprint density at radius 3 is 2.82 bits per heavy atom. The van der Waals surface area contributed by atoms with Crippen molar-refractivity contribution >= 4 is 23.3 Å². The van der Waals surface area contributed by atoms with Crippen LogP contribution in [0, 0.1) is 11.8 Å². The van der Waals surface area contributed by atoms with E-state index in [1.807, 2.05) is 0 Å². The van der Waals surface area contributed by atoms with Crippen molar-refractivity contribution in [1.82, 2.24) is 4.90 Å². The molecule has 0 aliphatic heterocycles. The van der Waals surface area contributed by atoms with Crippen LogP contribution in [-0.2, 0) is 0 Å². The molecule has 17 heavy (non-hydrogen) atoms. The highest BCUT2D eigenvalue weighted by Gasteiger charge is 2.07. The summed E-state index contributed by atoms with van der Waals surface area (Å²) in [6, 6.07) is 4.88. The highest BCUT2D eigenvalue weighted by Crippen LogP contribution is 2.20. The standard InChI is InChI=1S/C12H14ClN3O/c1-16(2)12(17)15-11-8-10(13)6-5-9(11)4-3-7-14/h5-6,8H,7,14H2,1-2H3,(H,15,17). The Bertz CT molecular complexity index is 474. The Balaban J connectivity index is 3.03. The second kappa shape index (κ2) is 6.14. The SMILES string of the molecule is CN(C)C(=O)Nc1cc(Cl)ccc1C#CCN. The van der Waals surface area contributed by atoms with Crippen molar-refractivity contribution in [3.8, 4) is 11.8 Å². The van der Waals surface area contributed by atoms with Gasteiger partial charge in [-0.25, -0.2) is 4.79 Å². The number of halogens is 1. The normalized spacial score (nSPS) is 9.18. The first kappa shape index (κ1) is 13.4. The number of amides is 2. The monoisotopic (exact) mass is 251 g/mol. The van der Waals surface area contributed by atoms with Gasteiger partial charge in [-0.3, -0.25) is 0 Å². The molecule has 0 heterocycles. The first-order valence-corrected chi connectivity index (χ1v) is 5.39. The van der Waals surface area contributed by atoms with Gasteiger partial charge < -0.3 is 16.0 Å². The molecule has 90 valence electrons. The van der Waals surface area contributed by atoms with Gasteiger partial charge in [0.05, 0.1) is 12.2 Å². The quantitative estimate of drug-likeness (QED) is 0.747. The van der Waals surface area contributed by atoms with Gasteiger partial charge in [-0.15, -0.1) is 0 Å². The Kier molecular flexibility index (Phi) is 4.83. The molecule has 3 N–H and O–H groups in total. The van der Waals surface area contributed by atoms with Crippen molar-refractivity contribution in [3.63, 3.8) is 0 Å². The molecule has 0 radical (unpaired) electrons. The first-order valence-electron chi connectivity index (χ1n) is 5.01. The summed E-state index contributed by atoms with van der Waals surface area (Å²) in [7, 11) is 3.32. The fourth-order valence-corrected chi connectivity index (χ4v) is 1.27. The minimum absolute atomic E-state index is 0.233. The number of hydrogen-bond donors (Lipinski definition) is 2. The molecule has 0 unspecified atom stereocenters. The van der Waals surface area contributed by atoms with Gasteiger partial charge in [0.1, 0.15) is 0 Å². The minimum atomic E-state index is -0.233. The lowest BCUT2D eigenvalue weighted by Crippen LogP contribution is -2.27. The number of nitrogens with one attached hydrogen (secondary N) is 1. The Labute approximate surface area is 106 Å². The number of anilines is 1. The summed E-state index contributed by atoms with van der Waals surface area (Å²) in [6.07, 6.45) is 0. The number of rotatable bonds is 1. The highest BCUT2D eigenvalue weighted by molar-refractivity contribution is 6.31. The average Bonchev–Trinajstić information content (AvgIpc) is 2.28. The van der Waals surface area contributed by atoms with Gasteiger partial charge in [0.2, 0.25) is 0 Å². The summed E-state index contributed by atoms with van der Waals surface area (Å²) >= 11 is 5.88. The lowest BCUT2D eigenvalue weighted by atomic mass is 10.2. The third-order valence-corrected chi connectivity index (χ3v) is 2.19. The zero-order chi connectivity index (χ0) is 12.8. The third kappa shape index (κ3) is 3.99. The van der Waals surface area contributed by atoms with Crippen molar-refractivity contribution in [2.75, 3.05) is 26.0 Å². The number of urea groups is 1. The lowest BCUT2D eigenvalue weighted by molar-refractivity contribution is 0.230. The Morgan fingerprint density at radius 1 is 1.53 bits per heavy atom. The largest absolute Gasteiger partial charge is 0.331 e. The topological polar surface area (TPSA) is 58.4 Å². The molecule has 0 spiro atoms. The molecule has 0 saturated heterocycles. The van der Waals surface area contributed by atoms with Crippen LogP contribution in [0.25, 0.3) is 0 Å². The van der Waals surface area contributed by atoms with Crippen molar-refractivity contribution in [3.05, 3.63) is 28.8 Å². The molecule has 0 fully saturated rings. The molecule has 1 rings (SSSR count). The number of hydrogen-bond acceptors (Lipinski definition) is 2. The highest BCUT2D eigenvalue weighted by atomic mass is 35.5. The van der Waals surface area contributed by atoms with Crippen LogP contribution in [0.1, 0.15) is 5.56 Å². The molecule has 0 bridgehead atoms. The van der Waals surface area contributed by atoms with E-state index in [2.05, 4.69) is 17.2 Å². The van der Waals surface area contributed by atoms with Crippen LogP contribution in [-0.4, -0.2) is 31.6 Å². The van der Waals surface area contributed by atoms with Crippen LogP contribution in [0.5, 0.6) is 0 Å². The van der Waals surface area contributed by atoms with Gasteiger partial charge in [-0.1, -0.05) is 23.4 Å². The van der Waals surface area contributed by atoms with Crippen LogP contribution >= 0.6 is 11.6 Å². The molecule has 0 aliphatic carbocycles. The Morgan fingerprint density at radius 2 is 2.24 bits per heavy atom. The van der Waals surface area contributed by atoms with Crippen LogP contribution in [0.3, 0.4) is 0 Å². The van der Waals surface area contributed by atoms with E-state index in [9.17, 15) is 4.79 Å². The van der Waals surface area contributed by atoms with Crippen LogP contribution in [0.4, 0.5) is 10.5 Å². The molecule has 4 nitrogen and oxygen atoms in total. The maximum absolute atomic E-state index is 11.5. The Hall–Kier alpha value is -1.70. The molecular weight excluding hydrogens is 238 g/mol. The summed E-state index contributed by atoms with van der Waals surface area (Å²) in [5, 5.41) is 3.26. The van der Waals surface area contributed by atoms with Crippen molar-refractivity contribution in [2.45, 2.75) is 0 Å². The second-order valence-corrected chi connectivity index (χ2v) is 3.96. The van der Waals surface area contributed by atoms with Crippen LogP contribution in [0.15, 0.2) is 18.2 Å². The van der Waals surface area contributed by atoms with E-state index in [0.717, 1.165) is 0 Å². The second-order valence-electron chi connectivity index (χ2n) is 3.52. The molecule has 0 aliphatic rings. The zero-order valence-electron chi connectivity index (χ0n) is 9.75. The number of carbonyl (C=O) groups is 1. The van der Waals surface area contributed by atoms with E-state index in [1.165, 1.54) is 4.90 Å². The van der Waals surface area contributed by atoms with E-state index in [-0.39, 0.29) is 12.6 Å². The number of nitrogens with two attached hydrogens (primary N) is 1. The fourth-order valence-electron chi connectivity index (χ4n) is 1.10. The maximum Gasteiger partial charge on any atom is 0.321 e. The molecule has 0 aromatic heterocycles.